The Morgan fingerprint density at radius 3 is 2.38 bits per heavy atom. The van der Waals surface area contributed by atoms with Crippen molar-refractivity contribution in [1.82, 2.24) is 14.5 Å². The molecular weight excluding hydrogens is 494 g/mol. The van der Waals surface area contributed by atoms with Crippen LogP contribution >= 0.6 is 12.4 Å². The maximum atomic E-state index is 13.9. The van der Waals surface area contributed by atoms with Crippen LogP contribution in [0.25, 0.3) is 0 Å². The van der Waals surface area contributed by atoms with Crippen LogP contribution in [-0.4, -0.2) is 46.0 Å². The number of nitrogens with zero attached hydrogens (tertiary/aromatic N) is 3. The molecule has 1 amide bonds. The van der Waals surface area contributed by atoms with Crippen molar-refractivity contribution in [3.63, 3.8) is 0 Å². The maximum absolute atomic E-state index is 13.9. The van der Waals surface area contributed by atoms with Gasteiger partial charge in [-0.2, -0.15) is 13.2 Å². The standard InChI is InChI=1S/C20H20F6N4O3.ClH/c1-9-17-16(18(32)33-2)28-19(20(24,25)26)30(17)4-3-29(9)15(31)7-11(27)5-10-6-13(22)14(23)8-12(10)21;/h6,8-9,11H,3-5,7,27H2,1-2H3;1H/t9-,11-;/m1./s1. The molecule has 34 heavy (non-hydrogen) atoms. The number of carbonyl (C=O) groups is 2. The zero-order valence-corrected chi connectivity index (χ0v) is 18.8. The van der Waals surface area contributed by atoms with E-state index < -0.39 is 59.1 Å². The lowest BCUT2D eigenvalue weighted by Crippen LogP contribution is -2.44. The predicted molar refractivity (Wildman–Crippen MR) is 109 cm³/mol. The van der Waals surface area contributed by atoms with E-state index in [2.05, 4.69) is 9.72 Å². The van der Waals surface area contributed by atoms with Crippen LogP contribution in [0.5, 0.6) is 0 Å². The number of fused-ring (bicyclic) bond motifs is 1. The third-order valence-corrected chi connectivity index (χ3v) is 5.40. The number of esters is 1. The Labute approximate surface area is 196 Å². The normalized spacial score (nSPS) is 16.5. The maximum Gasteiger partial charge on any atom is 0.449 e. The average Bonchev–Trinajstić information content (AvgIpc) is 3.12. The molecule has 3 rings (SSSR count). The summed E-state index contributed by atoms with van der Waals surface area (Å²) in [6, 6.07) is -0.934. The predicted octanol–water partition coefficient (Wildman–Crippen LogP) is 3.39. The first kappa shape index (κ1) is 27.4. The minimum Gasteiger partial charge on any atom is -0.464 e. The summed E-state index contributed by atoms with van der Waals surface area (Å²) >= 11 is 0. The molecule has 1 aromatic carbocycles. The molecule has 7 nitrogen and oxygen atoms in total. The van der Waals surface area contributed by atoms with Crippen molar-refractivity contribution in [2.45, 2.75) is 44.6 Å². The van der Waals surface area contributed by atoms with Gasteiger partial charge in [-0.3, -0.25) is 4.79 Å². The number of rotatable bonds is 5. The largest absolute Gasteiger partial charge is 0.464 e. The molecule has 2 atom stereocenters. The number of halogens is 7. The van der Waals surface area contributed by atoms with Crippen LogP contribution in [0, 0.1) is 17.5 Å². The first-order valence-electron chi connectivity index (χ1n) is 9.79. The number of benzene rings is 1. The van der Waals surface area contributed by atoms with Gasteiger partial charge in [-0.25, -0.2) is 22.9 Å². The molecule has 0 radical (unpaired) electrons. The summed E-state index contributed by atoms with van der Waals surface area (Å²) in [4.78, 5) is 29.5. The summed E-state index contributed by atoms with van der Waals surface area (Å²) in [6.45, 7) is 1.02. The van der Waals surface area contributed by atoms with Gasteiger partial charge in [0.05, 0.1) is 18.8 Å². The van der Waals surface area contributed by atoms with Gasteiger partial charge in [0.2, 0.25) is 11.7 Å². The van der Waals surface area contributed by atoms with Gasteiger partial charge in [0.25, 0.3) is 0 Å². The number of hydrogen-bond acceptors (Lipinski definition) is 5. The second kappa shape index (κ2) is 10.2. The molecule has 14 heteroatoms. The second-order valence-electron chi connectivity index (χ2n) is 7.60. The number of carbonyl (C=O) groups excluding carboxylic acids is 2. The fourth-order valence-electron chi connectivity index (χ4n) is 3.88. The van der Waals surface area contributed by atoms with Gasteiger partial charge < -0.3 is 19.9 Å². The van der Waals surface area contributed by atoms with E-state index in [9.17, 15) is 35.9 Å². The van der Waals surface area contributed by atoms with Gasteiger partial charge in [0.1, 0.15) is 5.82 Å². The summed E-state index contributed by atoms with van der Waals surface area (Å²) in [7, 11) is 0.994. The van der Waals surface area contributed by atoms with Gasteiger partial charge >= 0.3 is 12.1 Å². The third kappa shape index (κ3) is 5.30. The van der Waals surface area contributed by atoms with E-state index in [0.717, 1.165) is 11.7 Å². The molecule has 1 aliphatic rings. The quantitative estimate of drug-likeness (QED) is 0.375. The Morgan fingerprint density at radius 2 is 1.79 bits per heavy atom. The number of alkyl halides is 3. The highest BCUT2D eigenvalue weighted by molar-refractivity contribution is 5.89. The molecule has 0 aliphatic carbocycles. The molecule has 2 heterocycles. The Kier molecular flexibility index (Phi) is 8.25. The number of methoxy groups -OCH3 is 1. The van der Waals surface area contributed by atoms with E-state index in [4.69, 9.17) is 5.73 Å². The lowest BCUT2D eigenvalue weighted by Gasteiger charge is -2.36. The molecule has 0 spiro atoms. The number of ether oxygens (including phenoxy) is 1. The van der Waals surface area contributed by atoms with Crippen LogP contribution in [0.2, 0.25) is 0 Å². The van der Waals surface area contributed by atoms with Crippen LogP contribution in [0.1, 0.15) is 47.0 Å². The molecule has 0 fully saturated rings. The van der Waals surface area contributed by atoms with Gasteiger partial charge in [0, 0.05) is 31.6 Å². The average molecular weight is 515 g/mol. The van der Waals surface area contributed by atoms with E-state index in [-0.39, 0.29) is 49.6 Å². The number of amides is 1. The summed E-state index contributed by atoms with van der Waals surface area (Å²) in [5, 5.41) is 0. The number of nitrogens with two attached hydrogens (primary N) is 1. The Bertz CT molecular complexity index is 1090. The van der Waals surface area contributed by atoms with Crippen molar-refractivity contribution >= 4 is 24.3 Å². The molecule has 0 bridgehead atoms. The molecule has 0 saturated heterocycles. The molecule has 188 valence electrons. The van der Waals surface area contributed by atoms with Crippen molar-refractivity contribution in [2.75, 3.05) is 13.7 Å². The van der Waals surface area contributed by atoms with E-state index in [1.165, 1.54) is 11.8 Å². The van der Waals surface area contributed by atoms with Gasteiger partial charge in [-0.1, -0.05) is 0 Å². The SMILES string of the molecule is COC(=O)c1nc(C(F)(F)F)n2c1[C@@H](C)N(C(=O)C[C@H](N)Cc1cc(F)c(F)cc1F)CC2.Cl. The minimum absolute atomic E-state index is 0. The van der Waals surface area contributed by atoms with Crippen molar-refractivity contribution < 1.29 is 40.7 Å². The zero-order valence-electron chi connectivity index (χ0n) is 18.0. The highest BCUT2D eigenvalue weighted by atomic mass is 35.5. The van der Waals surface area contributed by atoms with Crippen LogP contribution in [0.4, 0.5) is 26.3 Å². The molecule has 2 N–H and O–H groups in total. The van der Waals surface area contributed by atoms with Crippen LogP contribution < -0.4 is 5.73 Å². The van der Waals surface area contributed by atoms with Crippen LogP contribution in [-0.2, 0) is 28.7 Å². The zero-order chi connectivity index (χ0) is 24.7. The molecule has 0 unspecified atom stereocenters. The van der Waals surface area contributed by atoms with Gasteiger partial charge in [-0.05, 0) is 25.0 Å². The number of hydrogen-bond donors (Lipinski definition) is 1. The van der Waals surface area contributed by atoms with Crippen molar-refractivity contribution in [3.8, 4) is 0 Å². The van der Waals surface area contributed by atoms with E-state index in [0.29, 0.717) is 12.1 Å². The fourth-order valence-corrected chi connectivity index (χ4v) is 3.88. The molecular formula is C20H21ClF6N4O3. The van der Waals surface area contributed by atoms with E-state index in [1.54, 1.807) is 0 Å². The Morgan fingerprint density at radius 1 is 1.18 bits per heavy atom. The summed E-state index contributed by atoms with van der Waals surface area (Å²) < 4.78 is 85.9. The fraction of sp³-hybridized carbons (Fsp3) is 0.450. The van der Waals surface area contributed by atoms with Crippen molar-refractivity contribution in [2.24, 2.45) is 5.73 Å². The number of imidazole rings is 1. The Balaban J connectivity index is 0.00000408. The Hall–Kier alpha value is -2.80. The van der Waals surface area contributed by atoms with Crippen LogP contribution in [0.3, 0.4) is 0 Å². The highest BCUT2D eigenvalue weighted by Gasteiger charge is 2.44. The summed E-state index contributed by atoms with van der Waals surface area (Å²) in [5.74, 6) is -6.58. The highest BCUT2D eigenvalue weighted by Crippen LogP contribution is 2.36. The first-order chi connectivity index (χ1) is 15.3. The van der Waals surface area contributed by atoms with Gasteiger partial charge in [0.15, 0.2) is 17.3 Å². The van der Waals surface area contributed by atoms with Crippen molar-refractivity contribution in [1.29, 1.82) is 0 Å². The summed E-state index contributed by atoms with van der Waals surface area (Å²) in [6.07, 6.45) is -5.46. The summed E-state index contributed by atoms with van der Waals surface area (Å²) in [5.41, 5.74) is 5.00. The van der Waals surface area contributed by atoms with Crippen molar-refractivity contribution in [3.05, 3.63) is 52.4 Å². The molecule has 2 aromatic rings. The monoisotopic (exact) mass is 514 g/mol. The first-order valence-corrected chi connectivity index (χ1v) is 9.79. The van der Waals surface area contributed by atoms with E-state index in [1.807, 2.05) is 0 Å². The molecule has 1 aromatic heterocycles. The molecule has 1 aliphatic heterocycles. The lowest BCUT2D eigenvalue weighted by molar-refractivity contribution is -0.148. The molecule has 0 saturated carbocycles. The van der Waals surface area contributed by atoms with Gasteiger partial charge in [-0.15, -0.1) is 12.4 Å². The lowest BCUT2D eigenvalue weighted by atomic mass is 10.0. The number of aromatic nitrogens is 2. The minimum atomic E-state index is -4.83. The van der Waals surface area contributed by atoms with Crippen LogP contribution in [0.15, 0.2) is 12.1 Å². The second-order valence-corrected chi connectivity index (χ2v) is 7.60. The smallest absolute Gasteiger partial charge is 0.449 e. The topological polar surface area (TPSA) is 90.5 Å². The third-order valence-electron chi connectivity index (χ3n) is 5.40. The van der Waals surface area contributed by atoms with E-state index >= 15 is 0 Å².